The smallest absolute Gasteiger partial charge is 0.303 e. The fourth-order valence-electron chi connectivity index (χ4n) is 4.18. The first-order valence-electron chi connectivity index (χ1n) is 11.0. The molecule has 1 aliphatic rings. The van der Waals surface area contributed by atoms with Crippen LogP contribution in [0.4, 0.5) is 0 Å². The number of allylic oxidation sites excluding steroid dienone is 1. The molecule has 0 spiro atoms. The molecule has 0 N–H and O–H groups in total. The standard InChI is InChI=1S/C26H32O4/c1-3-4-5-7-20-9-11-21(12-10-20)13-14-22-17-25(28)26(30-19(2)27)18-23(22)16-24-8-6-15-29-24/h6,8-15,22-23,26H,3-5,7,16-18H2,1-2H3/b14-13+/t22-,23-,26-/m0/s1. The number of ketones is 1. The summed E-state index contributed by atoms with van der Waals surface area (Å²) in [4.78, 5) is 23.9. The molecule has 0 aliphatic heterocycles. The van der Waals surface area contributed by atoms with Gasteiger partial charge in [-0.3, -0.25) is 9.59 Å². The van der Waals surface area contributed by atoms with Crippen LogP contribution in [0.1, 0.15) is 62.8 Å². The number of Topliss-reactive ketones (excluding diaryl/α,β-unsaturated/α-hetero) is 1. The molecule has 3 rings (SSSR count). The quantitative estimate of drug-likeness (QED) is 0.389. The number of hydrogen-bond acceptors (Lipinski definition) is 4. The first-order chi connectivity index (χ1) is 14.5. The van der Waals surface area contributed by atoms with E-state index >= 15 is 0 Å². The van der Waals surface area contributed by atoms with Gasteiger partial charge in [0, 0.05) is 19.8 Å². The zero-order valence-corrected chi connectivity index (χ0v) is 18.0. The van der Waals surface area contributed by atoms with Gasteiger partial charge < -0.3 is 9.15 Å². The molecule has 3 atom stereocenters. The van der Waals surface area contributed by atoms with Crippen molar-refractivity contribution in [1.29, 1.82) is 0 Å². The predicted molar refractivity (Wildman–Crippen MR) is 118 cm³/mol. The number of aryl methyl sites for hydroxylation is 1. The second kappa shape index (κ2) is 11.0. The van der Waals surface area contributed by atoms with E-state index in [1.165, 1.54) is 31.7 Å². The van der Waals surface area contributed by atoms with Crippen LogP contribution in [0, 0.1) is 11.8 Å². The van der Waals surface area contributed by atoms with E-state index in [0.717, 1.165) is 24.2 Å². The minimum Gasteiger partial charge on any atom is -0.469 e. The number of hydrogen-bond donors (Lipinski definition) is 0. The van der Waals surface area contributed by atoms with E-state index in [4.69, 9.17) is 9.15 Å². The topological polar surface area (TPSA) is 56.5 Å². The molecule has 0 bridgehead atoms. The third-order valence-corrected chi connectivity index (χ3v) is 5.85. The molecule has 160 valence electrons. The van der Waals surface area contributed by atoms with Gasteiger partial charge in [0.05, 0.1) is 6.26 Å². The van der Waals surface area contributed by atoms with Crippen molar-refractivity contribution in [3.05, 3.63) is 65.6 Å². The Labute approximate surface area is 179 Å². The van der Waals surface area contributed by atoms with Crippen molar-refractivity contribution in [2.75, 3.05) is 0 Å². The van der Waals surface area contributed by atoms with Crippen LogP contribution in [0.15, 0.2) is 53.2 Å². The third-order valence-electron chi connectivity index (χ3n) is 5.85. The fraction of sp³-hybridized carbons (Fsp3) is 0.462. The van der Waals surface area contributed by atoms with Crippen molar-refractivity contribution in [1.82, 2.24) is 0 Å². The summed E-state index contributed by atoms with van der Waals surface area (Å²) in [6.45, 7) is 3.57. The van der Waals surface area contributed by atoms with Gasteiger partial charge in [0.25, 0.3) is 0 Å². The van der Waals surface area contributed by atoms with Gasteiger partial charge in [-0.15, -0.1) is 0 Å². The van der Waals surface area contributed by atoms with Gasteiger partial charge in [-0.05, 0) is 54.4 Å². The minimum absolute atomic E-state index is 0.00168. The highest BCUT2D eigenvalue weighted by molar-refractivity contribution is 5.86. The van der Waals surface area contributed by atoms with Crippen molar-refractivity contribution in [3.63, 3.8) is 0 Å². The highest BCUT2D eigenvalue weighted by Crippen LogP contribution is 2.34. The summed E-state index contributed by atoms with van der Waals surface area (Å²) in [5.41, 5.74) is 2.51. The predicted octanol–water partition coefficient (Wildman–Crippen LogP) is 5.80. The number of carbonyl (C=O) groups excluding carboxylic acids is 2. The van der Waals surface area contributed by atoms with E-state index in [9.17, 15) is 9.59 Å². The minimum atomic E-state index is -0.644. The number of carbonyl (C=O) groups is 2. The van der Waals surface area contributed by atoms with Crippen LogP contribution in [0.2, 0.25) is 0 Å². The molecule has 0 amide bonds. The lowest BCUT2D eigenvalue weighted by atomic mass is 9.75. The molecule has 0 radical (unpaired) electrons. The number of unbranched alkanes of at least 4 members (excludes halogenated alkanes) is 2. The van der Waals surface area contributed by atoms with E-state index in [2.05, 4.69) is 43.3 Å². The molecular weight excluding hydrogens is 376 g/mol. The van der Waals surface area contributed by atoms with E-state index in [1.54, 1.807) is 6.26 Å². The maximum Gasteiger partial charge on any atom is 0.303 e. The van der Waals surface area contributed by atoms with E-state index < -0.39 is 12.1 Å². The molecule has 0 unspecified atom stereocenters. The summed E-state index contributed by atoms with van der Waals surface area (Å²) < 4.78 is 10.8. The molecule has 4 nitrogen and oxygen atoms in total. The maximum absolute atomic E-state index is 12.5. The molecule has 4 heteroatoms. The normalized spacial score (nSPS) is 21.8. The van der Waals surface area contributed by atoms with Crippen LogP contribution in [-0.4, -0.2) is 17.9 Å². The SMILES string of the molecule is CCCCCc1ccc(/C=C/[C@H]2CC(=O)[C@@H](OC(C)=O)C[C@@H]2Cc2ccco2)cc1. The van der Waals surface area contributed by atoms with Crippen LogP contribution >= 0.6 is 0 Å². The monoisotopic (exact) mass is 408 g/mol. The Morgan fingerprint density at radius 3 is 2.67 bits per heavy atom. The Hall–Kier alpha value is -2.62. The largest absolute Gasteiger partial charge is 0.469 e. The first-order valence-corrected chi connectivity index (χ1v) is 11.0. The summed E-state index contributed by atoms with van der Waals surface area (Å²) >= 11 is 0. The second-order valence-electron chi connectivity index (χ2n) is 8.27. The zero-order valence-electron chi connectivity index (χ0n) is 18.0. The lowest BCUT2D eigenvalue weighted by Crippen LogP contribution is -2.38. The summed E-state index contributed by atoms with van der Waals surface area (Å²) in [6, 6.07) is 12.5. The number of benzene rings is 1. The molecule has 30 heavy (non-hydrogen) atoms. The van der Waals surface area contributed by atoms with Gasteiger partial charge >= 0.3 is 5.97 Å². The lowest BCUT2D eigenvalue weighted by molar-refractivity contribution is -0.156. The van der Waals surface area contributed by atoms with Crippen LogP contribution in [-0.2, 0) is 27.2 Å². The number of esters is 1. The van der Waals surface area contributed by atoms with Crippen LogP contribution in [0.3, 0.4) is 0 Å². The number of rotatable bonds is 9. The molecule has 1 aliphatic carbocycles. The highest BCUT2D eigenvalue weighted by Gasteiger charge is 2.37. The molecule has 1 heterocycles. The summed E-state index contributed by atoms with van der Waals surface area (Å²) in [5.74, 6) is 0.770. The van der Waals surface area contributed by atoms with E-state index in [0.29, 0.717) is 12.8 Å². The van der Waals surface area contributed by atoms with Crippen molar-refractivity contribution in [3.8, 4) is 0 Å². The molecule has 1 fully saturated rings. The molecule has 0 saturated heterocycles. The van der Waals surface area contributed by atoms with E-state index in [-0.39, 0.29) is 17.6 Å². The maximum atomic E-state index is 12.5. The average Bonchev–Trinajstić information content (AvgIpc) is 3.23. The van der Waals surface area contributed by atoms with Crippen LogP contribution < -0.4 is 0 Å². The van der Waals surface area contributed by atoms with Crippen molar-refractivity contribution in [2.45, 2.75) is 64.9 Å². The van der Waals surface area contributed by atoms with Gasteiger partial charge in [0.15, 0.2) is 11.9 Å². The third kappa shape index (κ3) is 6.45. The zero-order chi connectivity index (χ0) is 21.3. The van der Waals surface area contributed by atoms with Crippen LogP contribution in [0.5, 0.6) is 0 Å². The molecule has 1 saturated carbocycles. The first kappa shape index (κ1) is 22.1. The molecule has 1 aromatic heterocycles. The van der Waals surface area contributed by atoms with Crippen molar-refractivity contribution in [2.24, 2.45) is 11.8 Å². The van der Waals surface area contributed by atoms with Gasteiger partial charge in [-0.2, -0.15) is 0 Å². The Morgan fingerprint density at radius 1 is 1.20 bits per heavy atom. The Balaban J connectivity index is 1.68. The summed E-state index contributed by atoms with van der Waals surface area (Å²) in [6.07, 6.45) is 11.8. The van der Waals surface area contributed by atoms with Gasteiger partial charge in [-0.1, -0.05) is 56.2 Å². The Morgan fingerprint density at radius 2 is 2.00 bits per heavy atom. The summed E-state index contributed by atoms with van der Waals surface area (Å²) in [5, 5.41) is 0. The van der Waals surface area contributed by atoms with Crippen molar-refractivity contribution >= 4 is 17.8 Å². The van der Waals surface area contributed by atoms with E-state index in [1.807, 2.05) is 12.1 Å². The lowest BCUT2D eigenvalue weighted by Gasteiger charge is -2.33. The number of ether oxygens (including phenoxy) is 1. The highest BCUT2D eigenvalue weighted by atomic mass is 16.5. The second-order valence-corrected chi connectivity index (χ2v) is 8.27. The van der Waals surface area contributed by atoms with Crippen molar-refractivity contribution < 1.29 is 18.7 Å². The van der Waals surface area contributed by atoms with Crippen LogP contribution in [0.25, 0.3) is 6.08 Å². The van der Waals surface area contributed by atoms with Gasteiger partial charge in [0.1, 0.15) is 5.76 Å². The molecular formula is C26H32O4. The number of furan rings is 1. The van der Waals surface area contributed by atoms with Gasteiger partial charge in [0.2, 0.25) is 0 Å². The Kier molecular flexibility index (Phi) is 8.06. The van der Waals surface area contributed by atoms with Gasteiger partial charge in [-0.25, -0.2) is 0 Å². The molecule has 1 aromatic carbocycles. The summed E-state index contributed by atoms with van der Waals surface area (Å²) in [7, 11) is 0. The molecule has 2 aromatic rings. The Bertz CT molecular complexity index is 832. The fourth-order valence-corrected chi connectivity index (χ4v) is 4.18. The average molecular weight is 409 g/mol.